The fraction of sp³-hybridized carbons (Fsp3) is 0.583. The molecule has 2 nitrogen and oxygen atoms in total. The van der Waals surface area contributed by atoms with Crippen LogP contribution in [0.25, 0.3) is 5.57 Å². The van der Waals surface area contributed by atoms with Gasteiger partial charge in [-0.15, -0.1) is 11.6 Å². The number of imidazole rings is 1. The normalized spacial score (nSPS) is 26.5. The Bertz CT molecular complexity index is 367. The zero-order chi connectivity index (χ0) is 10.8. The SMILES string of the molecule is CCn1cnc(C2=CC(Cl)CC(C)C2)c1. The Morgan fingerprint density at radius 1 is 1.60 bits per heavy atom. The summed E-state index contributed by atoms with van der Waals surface area (Å²) < 4.78 is 2.10. The quantitative estimate of drug-likeness (QED) is 0.705. The Labute approximate surface area is 96.0 Å². The van der Waals surface area contributed by atoms with Crippen molar-refractivity contribution in [1.82, 2.24) is 9.55 Å². The minimum absolute atomic E-state index is 0.176. The number of aromatic nitrogens is 2. The van der Waals surface area contributed by atoms with E-state index in [1.807, 2.05) is 6.33 Å². The van der Waals surface area contributed by atoms with Gasteiger partial charge in [-0.1, -0.05) is 13.0 Å². The molecule has 1 aromatic heterocycles. The Kier molecular flexibility index (Phi) is 3.15. The predicted octanol–water partition coefficient (Wildman–Crippen LogP) is 3.32. The molecule has 0 saturated carbocycles. The molecule has 1 aliphatic rings. The molecule has 82 valence electrons. The van der Waals surface area contributed by atoms with E-state index < -0.39 is 0 Å². The van der Waals surface area contributed by atoms with Crippen molar-refractivity contribution < 1.29 is 0 Å². The number of aryl methyl sites for hydroxylation is 1. The number of alkyl halides is 1. The second-order valence-corrected chi connectivity index (χ2v) is 4.90. The summed E-state index contributed by atoms with van der Waals surface area (Å²) >= 11 is 6.19. The lowest BCUT2D eigenvalue weighted by Gasteiger charge is -2.21. The monoisotopic (exact) mass is 224 g/mol. The van der Waals surface area contributed by atoms with Crippen LogP contribution in [-0.4, -0.2) is 14.9 Å². The molecule has 0 aromatic carbocycles. The second kappa shape index (κ2) is 4.40. The maximum atomic E-state index is 6.19. The third kappa shape index (κ3) is 2.43. The molecule has 1 aromatic rings. The van der Waals surface area contributed by atoms with Crippen molar-refractivity contribution in [2.75, 3.05) is 0 Å². The lowest BCUT2D eigenvalue weighted by Crippen LogP contribution is -2.11. The number of rotatable bonds is 2. The summed E-state index contributed by atoms with van der Waals surface area (Å²) in [6.45, 7) is 5.34. The molecule has 0 amide bonds. The number of hydrogen-bond donors (Lipinski definition) is 0. The average Bonchev–Trinajstić information content (AvgIpc) is 2.64. The molecule has 2 rings (SSSR count). The van der Waals surface area contributed by atoms with Crippen LogP contribution in [0.3, 0.4) is 0 Å². The largest absolute Gasteiger partial charge is 0.337 e. The van der Waals surface area contributed by atoms with Crippen molar-refractivity contribution >= 4 is 17.2 Å². The van der Waals surface area contributed by atoms with Gasteiger partial charge in [-0.25, -0.2) is 4.98 Å². The third-order valence-corrected chi connectivity index (χ3v) is 3.21. The minimum atomic E-state index is 0.176. The fourth-order valence-corrected chi connectivity index (χ4v) is 2.54. The van der Waals surface area contributed by atoms with Crippen molar-refractivity contribution in [2.24, 2.45) is 5.92 Å². The highest BCUT2D eigenvalue weighted by atomic mass is 35.5. The lowest BCUT2D eigenvalue weighted by atomic mass is 9.89. The van der Waals surface area contributed by atoms with Gasteiger partial charge in [0.2, 0.25) is 0 Å². The van der Waals surface area contributed by atoms with E-state index in [0.717, 1.165) is 25.1 Å². The highest BCUT2D eigenvalue weighted by molar-refractivity contribution is 6.22. The van der Waals surface area contributed by atoms with Crippen molar-refractivity contribution in [3.63, 3.8) is 0 Å². The smallest absolute Gasteiger partial charge is 0.0953 e. The van der Waals surface area contributed by atoms with Gasteiger partial charge in [0.05, 0.1) is 17.4 Å². The van der Waals surface area contributed by atoms with Crippen LogP contribution in [0.1, 0.15) is 32.4 Å². The van der Waals surface area contributed by atoms with Crippen LogP contribution in [-0.2, 0) is 6.54 Å². The summed E-state index contributed by atoms with van der Waals surface area (Å²) in [5.74, 6) is 0.666. The van der Waals surface area contributed by atoms with Gasteiger partial charge in [-0.3, -0.25) is 0 Å². The van der Waals surface area contributed by atoms with E-state index in [4.69, 9.17) is 11.6 Å². The summed E-state index contributed by atoms with van der Waals surface area (Å²) in [5, 5.41) is 0.176. The van der Waals surface area contributed by atoms with Crippen LogP contribution in [0.4, 0.5) is 0 Å². The van der Waals surface area contributed by atoms with Gasteiger partial charge in [0.25, 0.3) is 0 Å². The van der Waals surface area contributed by atoms with Crippen LogP contribution in [0.15, 0.2) is 18.6 Å². The molecule has 0 bridgehead atoms. The van der Waals surface area contributed by atoms with Crippen molar-refractivity contribution in [2.45, 2.75) is 38.6 Å². The van der Waals surface area contributed by atoms with E-state index in [-0.39, 0.29) is 5.38 Å². The molecule has 1 heterocycles. The third-order valence-electron chi connectivity index (χ3n) is 2.91. The zero-order valence-electron chi connectivity index (χ0n) is 9.28. The fourth-order valence-electron chi connectivity index (χ4n) is 2.09. The minimum Gasteiger partial charge on any atom is -0.337 e. The summed E-state index contributed by atoms with van der Waals surface area (Å²) in [6, 6.07) is 0. The van der Waals surface area contributed by atoms with Gasteiger partial charge in [0, 0.05) is 12.7 Å². The van der Waals surface area contributed by atoms with Crippen molar-refractivity contribution in [3.8, 4) is 0 Å². The van der Waals surface area contributed by atoms with E-state index in [9.17, 15) is 0 Å². The Morgan fingerprint density at radius 2 is 2.40 bits per heavy atom. The Balaban J connectivity index is 2.22. The molecule has 0 fully saturated rings. The van der Waals surface area contributed by atoms with Crippen LogP contribution in [0.2, 0.25) is 0 Å². The van der Waals surface area contributed by atoms with Gasteiger partial charge in [-0.2, -0.15) is 0 Å². The molecule has 2 atom stereocenters. The molecule has 3 heteroatoms. The first kappa shape index (κ1) is 10.7. The molecule has 1 aliphatic carbocycles. The number of halogens is 1. The molecular formula is C12H17ClN2. The van der Waals surface area contributed by atoms with Gasteiger partial charge in [0.1, 0.15) is 0 Å². The van der Waals surface area contributed by atoms with Crippen molar-refractivity contribution in [1.29, 1.82) is 0 Å². The van der Waals surface area contributed by atoms with Crippen LogP contribution >= 0.6 is 11.6 Å². The van der Waals surface area contributed by atoms with Gasteiger partial charge in [0.15, 0.2) is 0 Å². The number of nitrogens with zero attached hydrogens (tertiary/aromatic N) is 2. The number of allylic oxidation sites excluding steroid dienone is 2. The average molecular weight is 225 g/mol. The standard InChI is InChI=1S/C12H17ClN2/c1-3-15-7-12(14-8-15)10-4-9(2)5-11(13)6-10/h6-9,11H,3-5H2,1-2H3. The summed E-state index contributed by atoms with van der Waals surface area (Å²) in [7, 11) is 0. The second-order valence-electron chi connectivity index (χ2n) is 4.34. The molecule has 0 N–H and O–H groups in total. The van der Waals surface area contributed by atoms with Crippen LogP contribution in [0, 0.1) is 5.92 Å². The van der Waals surface area contributed by atoms with E-state index in [2.05, 4.69) is 35.7 Å². The highest BCUT2D eigenvalue weighted by Crippen LogP contribution is 2.32. The molecule has 0 aliphatic heterocycles. The first-order chi connectivity index (χ1) is 7.19. The topological polar surface area (TPSA) is 17.8 Å². The molecule has 0 spiro atoms. The summed E-state index contributed by atoms with van der Waals surface area (Å²) in [6.07, 6.45) is 8.33. The number of hydrogen-bond acceptors (Lipinski definition) is 1. The van der Waals surface area contributed by atoms with Crippen molar-refractivity contribution in [3.05, 3.63) is 24.3 Å². The van der Waals surface area contributed by atoms with Crippen LogP contribution < -0.4 is 0 Å². The summed E-state index contributed by atoms with van der Waals surface area (Å²) in [5.41, 5.74) is 2.40. The van der Waals surface area contributed by atoms with Gasteiger partial charge >= 0.3 is 0 Å². The molecular weight excluding hydrogens is 208 g/mol. The first-order valence-electron chi connectivity index (χ1n) is 5.56. The maximum Gasteiger partial charge on any atom is 0.0953 e. The molecule has 15 heavy (non-hydrogen) atoms. The Hall–Kier alpha value is -0.760. The van der Waals surface area contributed by atoms with E-state index in [1.165, 1.54) is 5.57 Å². The lowest BCUT2D eigenvalue weighted by molar-refractivity contribution is 0.539. The van der Waals surface area contributed by atoms with E-state index >= 15 is 0 Å². The first-order valence-corrected chi connectivity index (χ1v) is 5.99. The van der Waals surface area contributed by atoms with Gasteiger partial charge < -0.3 is 4.57 Å². The maximum absolute atomic E-state index is 6.19. The summed E-state index contributed by atoms with van der Waals surface area (Å²) in [4.78, 5) is 4.42. The highest BCUT2D eigenvalue weighted by Gasteiger charge is 2.19. The molecule has 0 radical (unpaired) electrons. The molecule has 0 saturated heterocycles. The van der Waals surface area contributed by atoms with E-state index in [1.54, 1.807) is 0 Å². The molecule has 2 unspecified atom stereocenters. The van der Waals surface area contributed by atoms with E-state index in [0.29, 0.717) is 5.92 Å². The van der Waals surface area contributed by atoms with Gasteiger partial charge in [-0.05, 0) is 31.3 Å². The zero-order valence-corrected chi connectivity index (χ0v) is 10.0. The van der Waals surface area contributed by atoms with Crippen LogP contribution in [0.5, 0.6) is 0 Å². The Morgan fingerprint density at radius 3 is 3.00 bits per heavy atom. The predicted molar refractivity (Wildman–Crippen MR) is 63.9 cm³/mol.